The van der Waals surface area contributed by atoms with E-state index >= 15 is 0 Å². The Kier molecular flexibility index (Phi) is 7.19. The maximum Gasteiger partial charge on any atom is 0.109 e. The molecule has 0 fully saturated rings. The topological polar surface area (TPSA) is 9.23 Å². The summed E-state index contributed by atoms with van der Waals surface area (Å²) in [4.78, 5) is 0. The van der Waals surface area contributed by atoms with E-state index in [2.05, 4.69) is 33.7 Å². The second-order valence-electron chi connectivity index (χ2n) is 1.18. The Hall–Kier alpha value is -0.440. The molecule has 0 aromatic carbocycles. The molecule has 0 N–H and O–H groups in total. The molecule has 0 heterocycles. The van der Waals surface area contributed by atoms with Crippen LogP contribution in [0.1, 0.15) is 0 Å². The maximum atomic E-state index is 4.91. The van der Waals surface area contributed by atoms with Gasteiger partial charge in [0.25, 0.3) is 0 Å². The number of hydrogen-bond acceptors (Lipinski definition) is 1. The number of hydrogen-bond donors (Lipinski definition) is 0. The van der Waals surface area contributed by atoms with Gasteiger partial charge in [-0.05, 0) is 0 Å². The van der Waals surface area contributed by atoms with Gasteiger partial charge in [0.05, 0.1) is 5.33 Å². The highest BCUT2D eigenvalue weighted by Crippen LogP contribution is 1.74. The molecule has 1 nitrogen and oxygen atoms in total. The lowest BCUT2D eigenvalue weighted by molar-refractivity contribution is 0.205. The second-order valence-corrected chi connectivity index (χ2v) is 1.74. The zero-order valence-electron chi connectivity index (χ0n) is 4.98. The van der Waals surface area contributed by atoms with E-state index in [9.17, 15) is 0 Å². The highest BCUT2D eigenvalue weighted by Gasteiger charge is 1.73. The minimum atomic E-state index is 0.344. The van der Waals surface area contributed by atoms with Gasteiger partial charge in [-0.15, -0.1) is 6.42 Å². The summed E-state index contributed by atoms with van der Waals surface area (Å²) in [5.41, 5.74) is 0. The van der Waals surface area contributed by atoms with Gasteiger partial charge in [0.15, 0.2) is 0 Å². The second kappa shape index (κ2) is 7.56. The van der Waals surface area contributed by atoms with Crippen LogP contribution in [-0.2, 0) is 4.74 Å². The van der Waals surface area contributed by atoms with Crippen molar-refractivity contribution in [1.82, 2.24) is 0 Å². The van der Waals surface area contributed by atoms with Crippen molar-refractivity contribution in [2.24, 2.45) is 0 Å². The van der Waals surface area contributed by atoms with Gasteiger partial charge < -0.3 is 4.74 Å². The van der Waals surface area contributed by atoms with Crippen molar-refractivity contribution in [2.45, 2.75) is 0 Å². The normalized spacial score (nSPS) is 7.11. The van der Waals surface area contributed by atoms with Crippen LogP contribution in [0.3, 0.4) is 0 Å². The van der Waals surface area contributed by atoms with E-state index in [1.807, 2.05) is 0 Å². The lowest BCUT2D eigenvalue weighted by atomic mass is 10.6. The molecular formula is C7H7BrO. The Balaban J connectivity index is 3.01. The lowest BCUT2D eigenvalue weighted by Crippen LogP contribution is -1.90. The summed E-state index contributed by atoms with van der Waals surface area (Å²) in [5.74, 6) is 7.88. The molecule has 0 aliphatic carbocycles. The fourth-order valence-electron chi connectivity index (χ4n) is 0.259. The zero-order chi connectivity index (χ0) is 6.95. The van der Waals surface area contributed by atoms with Gasteiger partial charge in [-0.2, -0.15) is 0 Å². The van der Waals surface area contributed by atoms with Gasteiger partial charge in [-0.25, -0.2) is 0 Å². The van der Waals surface area contributed by atoms with Crippen LogP contribution in [0.15, 0.2) is 0 Å². The molecule has 0 bridgehead atoms. The van der Waals surface area contributed by atoms with E-state index in [1.54, 1.807) is 0 Å². The van der Waals surface area contributed by atoms with Crippen LogP contribution in [0.25, 0.3) is 0 Å². The monoisotopic (exact) mass is 186 g/mol. The van der Waals surface area contributed by atoms with Crippen LogP contribution < -0.4 is 0 Å². The quantitative estimate of drug-likeness (QED) is 0.356. The third-order valence-electron chi connectivity index (χ3n) is 0.551. The molecule has 0 aromatic heterocycles. The van der Waals surface area contributed by atoms with Gasteiger partial charge >= 0.3 is 0 Å². The first-order chi connectivity index (χ1) is 4.41. The third kappa shape index (κ3) is 7.56. The van der Waals surface area contributed by atoms with Gasteiger partial charge in [-0.3, -0.25) is 0 Å². The van der Waals surface area contributed by atoms with Crippen LogP contribution in [-0.4, -0.2) is 18.5 Å². The summed E-state index contributed by atoms with van der Waals surface area (Å²) in [7, 11) is 0. The molecule has 48 valence electrons. The first kappa shape index (κ1) is 8.56. The van der Waals surface area contributed by atoms with E-state index in [-0.39, 0.29) is 0 Å². The van der Waals surface area contributed by atoms with Gasteiger partial charge in [0.2, 0.25) is 0 Å². The fraction of sp³-hybridized carbons (Fsp3) is 0.429. The largest absolute Gasteiger partial charge is 0.356 e. The predicted octanol–water partition coefficient (Wildman–Crippen LogP) is 1.03. The van der Waals surface area contributed by atoms with Crippen molar-refractivity contribution in [3.63, 3.8) is 0 Å². The van der Waals surface area contributed by atoms with E-state index < -0.39 is 0 Å². The molecule has 9 heavy (non-hydrogen) atoms. The SMILES string of the molecule is C#CCOCC#CCBr. The summed E-state index contributed by atoms with van der Waals surface area (Å²) < 4.78 is 4.85. The predicted molar refractivity (Wildman–Crippen MR) is 41.2 cm³/mol. The van der Waals surface area contributed by atoms with Crippen LogP contribution in [0, 0.1) is 24.2 Å². The highest BCUT2D eigenvalue weighted by atomic mass is 79.9. The standard InChI is InChI=1S/C7H7BrO/c1-2-6-9-7-4-3-5-8/h1H,5-7H2. The van der Waals surface area contributed by atoms with Crippen LogP contribution >= 0.6 is 15.9 Å². The van der Waals surface area contributed by atoms with Crippen molar-refractivity contribution in [2.75, 3.05) is 18.5 Å². The van der Waals surface area contributed by atoms with Crippen molar-refractivity contribution < 1.29 is 4.74 Å². The van der Waals surface area contributed by atoms with E-state index in [0.29, 0.717) is 18.5 Å². The van der Waals surface area contributed by atoms with Gasteiger partial charge in [-0.1, -0.05) is 33.7 Å². The number of halogens is 1. The average Bonchev–Trinajstić information content (AvgIpc) is 1.89. The highest BCUT2D eigenvalue weighted by molar-refractivity contribution is 9.09. The molecule has 0 saturated heterocycles. The average molecular weight is 187 g/mol. The van der Waals surface area contributed by atoms with E-state index in [4.69, 9.17) is 11.2 Å². The summed E-state index contributed by atoms with van der Waals surface area (Å²) in [6, 6.07) is 0. The molecule has 0 radical (unpaired) electrons. The summed E-state index contributed by atoms with van der Waals surface area (Å²) in [6.45, 7) is 0.771. The first-order valence-corrected chi connectivity index (χ1v) is 3.57. The molecule has 0 spiro atoms. The van der Waals surface area contributed by atoms with Crippen molar-refractivity contribution in [3.8, 4) is 24.2 Å². The first-order valence-electron chi connectivity index (χ1n) is 2.44. The molecule has 0 atom stereocenters. The number of terminal acetylenes is 1. The van der Waals surface area contributed by atoms with Gasteiger partial charge in [0, 0.05) is 0 Å². The molecule has 2 heteroatoms. The summed E-state index contributed by atoms with van der Waals surface area (Å²) >= 11 is 3.15. The Bertz CT molecular complexity index is 147. The number of alkyl halides is 1. The molecule has 0 aliphatic rings. The maximum absolute atomic E-state index is 4.91. The minimum absolute atomic E-state index is 0.344. The Labute approximate surface area is 63.9 Å². The molecular weight excluding hydrogens is 180 g/mol. The Morgan fingerprint density at radius 3 is 2.67 bits per heavy atom. The number of ether oxygens (including phenoxy) is 1. The summed E-state index contributed by atoms with van der Waals surface area (Å²) in [6.07, 6.45) is 4.91. The fourth-order valence-corrected chi connectivity index (χ4v) is 0.458. The van der Waals surface area contributed by atoms with Crippen LogP contribution in [0.2, 0.25) is 0 Å². The molecule has 0 aromatic rings. The third-order valence-corrected chi connectivity index (χ3v) is 0.832. The molecule has 0 saturated carbocycles. The summed E-state index contributed by atoms with van der Waals surface area (Å²) in [5, 5.41) is 0.687. The van der Waals surface area contributed by atoms with Crippen molar-refractivity contribution in [1.29, 1.82) is 0 Å². The molecule has 0 unspecified atom stereocenters. The Morgan fingerprint density at radius 2 is 2.11 bits per heavy atom. The zero-order valence-corrected chi connectivity index (χ0v) is 6.57. The van der Waals surface area contributed by atoms with Crippen LogP contribution in [0.5, 0.6) is 0 Å². The molecule has 0 aliphatic heterocycles. The van der Waals surface area contributed by atoms with Crippen LogP contribution in [0.4, 0.5) is 0 Å². The smallest absolute Gasteiger partial charge is 0.109 e. The number of rotatable bonds is 2. The van der Waals surface area contributed by atoms with E-state index in [0.717, 1.165) is 0 Å². The van der Waals surface area contributed by atoms with E-state index in [1.165, 1.54) is 0 Å². The molecule has 0 amide bonds. The minimum Gasteiger partial charge on any atom is -0.356 e. The van der Waals surface area contributed by atoms with Crippen molar-refractivity contribution >= 4 is 15.9 Å². The molecule has 0 rings (SSSR count). The Morgan fingerprint density at radius 1 is 1.33 bits per heavy atom. The van der Waals surface area contributed by atoms with Gasteiger partial charge in [0.1, 0.15) is 13.2 Å². The lowest BCUT2D eigenvalue weighted by Gasteiger charge is -1.87. The van der Waals surface area contributed by atoms with Crippen molar-refractivity contribution in [3.05, 3.63) is 0 Å².